The van der Waals surface area contributed by atoms with Gasteiger partial charge in [-0.25, -0.2) is 13.2 Å². The minimum Gasteiger partial charge on any atom is -0.298 e. The Morgan fingerprint density at radius 2 is 2.00 bits per heavy atom. The first-order valence-corrected chi connectivity index (χ1v) is 5.38. The molecule has 0 saturated carbocycles. The molecule has 8 heteroatoms. The molecule has 0 amide bonds. The third kappa shape index (κ3) is 4.17. The molecule has 1 aromatic rings. The van der Waals surface area contributed by atoms with Gasteiger partial charge in [0.05, 0.1) is 6.07 Å². The van der Waals surface area contributed by atoms with Gasteiger partial charge in [0, 0.05) is 23.1 Å². The Morgan fingerprint density at radius 3 is 2.63 bits per heavy atom. The molecule has 1 aromatic carbocycles. The summed E-state index contributed by atoms with van der Waals surface area (Å²) < 4.78 is 39.2. The van der Waals surface area contributed by atoms with Gasteiger partial charge in [0.15, 0.2) is 11.6 Å². The summed E-state index contributed by atoms with van der Waals surface area (Å²) in [6.45, 7) is 0.498. The largest absolute Gasteiger partial charge is 0.298 e. The second-order valence-corrected chi connectivity index (χ2v) is 3.61. The van der Waals surface area contributed by atoms with Crippen LogP contribution in [0.4, 0.5) is 13.2 Å². The van der Waals surface area contributed by atoms with Crippen LogP contribution in [0.15, 0.2) is 17.2 Å². The molecule has 0 aliphatic carbocycles. The van der Waals surface area contributed by atoms with Gasteiger partial charge in [-0.3, -0.25) is 5.32 Å². The van der Waals surface area contributed by atoms with Gasteiger partial charge < -0.3 is 0 Å². The molecule has 1 unspecified atom stereocenters. The zero-order valence-electron chi connectivity index (χ0n) is 9.78. The lowest BCUT2D eigenvalue weighted by Gasteiger charge is -2.12. The highest BCUT2D eigenvalue weighted by atomic mass is 19.2. The van der Waals surface area contributed by atoms with Crippen LogP contribution in [0.1, 0.15) is 18.0 Å². The van der Waals surface area contributed by atoms with E-state index in [0.717, 1.165) is 0 Å². The van der Waals surface area contributed by atoms with Gasteiger partial charge in [0.2, 0.25) is 0 Å². The van der Waals surface area contributed by atoms with Crippen LogP contribution in [0.5, 0.6) is 0 Å². The maximum absolute atomic E-state index is 13.4. The summed E-state index contributed by atoms with van der Waals surface area (Å²) >= 11 is 0. The summed E-state index contributed by atoms with van der Waals surface area (Å²) in [6, 6.07) is 1.71. The third-order valence-corrected chi connectivity index (χ3v) is 2.33. The van der Waals surface area contributed by atoms with Crippen molar-refractivity contribution in [3.05, 3.63) is 45.6 Å². The first kappa shape index (κ1) is 14.8. The third-order valence-electron chi connectivity index (χ3n) is 2.33. The van der Waals surface area contributed by atoms with Crippen molar-refractivity contribution in [2.24, 2.45) is 5.11 Å². The molecule has 0 aliphatic heterocycles. The molecular formula is C11H10F3N5. The van der Waals surface area contributed by atoms with E-state index in [1.165, 1.54) is 0 Å². The van der Waals surface area contributed by atoms with Crippen LogP contribution in [0.2, 0.25) is 0 Å². The number of hydrogen-bond donors (Lipinski definition) is 1. The Labute approximate surface area is 107 Å². The Hall–Kier alpha value is -2.23. The van der Waals surface area contributed by atoms with Crippen LogP contribution in [0.3, 0.4) is 0 Å². The highest BCUT2D eigenvalue weighted by Gasteiger charge is 2.17. The topological polar surface area (TPSA) is 84.6 Å². The number of rotatable bonds is 6. The highest BCUT2D eigenvalue weighted by Crippen LogP contribution is 2.20. The van der Waals surface area contributed by atoms with Crippen molar-refractivity contribution >= 4 is 0 Å². The van der Waals surface area contributed by atoms with Gasteiger partial charge in [0.1, 0.15) is 11.9 Å². The van der Waals surface area contributed by atoms with Crippen molar-refractivity contribution < 1.29 is 13.2 Å². The summed E-state index contributed by atoms with van der Waals surface area (Å²) in [5.74, 6) is -3.51. The second kappa shape index (κ2) is 7.26. The Morgan fingerprint density at radius 1 is 1.32 bits per heavy atom. The standard InChI is InChI=1S/C11H10F3N5/c12-8-5-10(14)9(13)4-7(8)11(6-15)17-2-1-3-18-19-16/h4-5,11,17H,1-3H2. The van der Waals surface area contributed by atoms with Gasteiger partial charge in [-0.2, -0.15) is 5.26 Å². The van der Waals surface area contributed by atoms with Crippen molar-refractivity contribution in [3.63, 3.8) is 0 Å². The number of hydrogen-bond acceptors (Lipinski definition) is 3. The quantitative estimate of drug-likeness (QED) is 0.283. The van der Waals surface area contributed by atoms with E-state index in [1.54, 1.807) is 6.07 Å². The zero-order chi connectivity index (χ0) is 14.3. The van der Waals surface area contributed by atoms with Crippen molar-refractivity contribution in [3.8, 4) is 6.07 Å². The van der Waals surface area contributed by atoms with Crippen molar-refractivity contribution in [2.45, 2.75) is 12.5 Å². The summed E-state index contributed by atoms with van der Waals surface area (Å²) in [4.78, 5) is 2.55. The van der Waals surface area contributed by atoms with Crippen LogP contribution in [-0.4, -0.2) is 13.1 Å². The molecule has 0 aliphatic rings. The second-order valence-electron chi connectivity index (χ2n) is 3.61. The first-order chi connectivity index (χ1) is 9.10. The van der Waals surface area contributed by atoms with E-state index < -0.39 is 23.5 Å². The number of azide groups is 1. The fourth-order valence-electron chi connectivity index (χ4n) is 1.43. The molecular weight excluding hydrogens is 259 g/mol. The summed E-state index contributed by atoms with van der Waals surface area (Å²) in [5, 5.41) is 14.8. The Kier molecular flexibility index (Phi) is 5.67. The van der Waals surface area contributed by atoms with Crippen LogP contribution in [0.25, 0.3) is 10.4 Å². The normalized spacial score (nSPS) is 11.5. The molecule has 0 fully saturated rings. The molecule has 1 atom stereocenters. The zero-order valence-corrected chi connectivity index (χ0v) is 9.78. The molecule has 1 N–H and O–H groups in total. The molecule has 0 saturated heterocycles. The van der Waals surface area contributed by atoms with E-state index in [-0.39, 0.29) is 18.7 Å². The monoisotopic (exact) mass is 269 g/mol. The molecule has 1 rings (SSSR count). The van der Waals surface area contributed by atoms with Crippen LogP contribution in [-0.2, 0) is 0 Å². The predicted octanol–water partition coefficient (Wildman–Crippen LogP) is 2.96. The number of nitriles is 1. The van der Waals surface area contributed by atoms with Crippen molar-refractivity contribution in [1.29, 1.82) is 5.26 Å². The van der Waals surface area contributed by atoms with E-state index in [1.807, 2.05) is 0 Å². The number of nitrogens with zero attached hydrogens (tertiary/aromatic N) is 4. The molecule has 19 heavy (non-hydrogen) atoms. The molecule has 0 aromatic heterocycles. The number of halogens is 3. The lowest BCUT2D eigenvalue weighted by molar-refractivity contribution is 0.481. The van der Waals surface area contributed by atoms with Gasteiger partial charge in [-0.15, -0.1) is 0 Å². The summed E-state index contributed by atoms with van der Waals surface area (Å²) in [6.07, 6.45) is 0.438. The van der Waals surface area contributed by atoms with Gasteiger partial charge >= 0.3 is 0 Å². The van der Waals surface area contributed by atoms with E-state index >= 15 is 0 Å². The van der Waals surface area contributed by atoms with Gasteiger partial charge in [-0.05, 0) is 24.6 Å². The highest BCUT2D eigenvalue weighted by molar-refractivity contribution is 5.27. The average Bonchev–Trinajstić information content (AvgIpc) is 2.39. The van der Waals surface area contributed by atoms with E-state index in [4.69, 9.17) is 10.8 Å². The fourth-order valence-corrected chi connectivity index (χ4v) is 1.43. The Balaban J connectivity index is 2.72. The number of nitrogens with one attached hydrogen (secondary N) is 1. The molecule has 5 nitrogen and oxygen atoms in total. The predicted molar refractivity (Wildman–Crippen MR) is 61.3 cm³/mol. The fraction of sp³-hybridized carbons (Fsp3) is 0.364. The SMILES string of the molecule is N#CC(NCCCN=[N+]=[N-])c1cc(F)c(F)cc1F. The van der Waals surface area contributed by atoms with E-state index in [0.29, 0.717) is 18.6 Å². The van der Waals surface area contributed by atoms with Crippen LogP contribution in [0, 0.1) is 28.8 Å². The van der Waals surface area contributed by atoms with Gasteiger partial charge in [-0.1, -0.05) is 5.11 Å². The van der Waals surface area contributed by atoms with E-state index in [2.05, 4.69) is 15.3 Å². The van der Waals surface area contributed by atoms with E-state index in [9.17, 15) is 13.2 Å². The maximum Gasteiger partial charge on any atom is 0.161 e. The minimum absolute atomic E-state index is 0.224. The van der Waals surface area contributed by atoms with Crippen molar-refractivity contribution in [2.75, 3.05) is 13.1 Å². The van der Waals surface area contributed by atoms with Gasteiger partial charge in [0.25, 0.3) is 0 Å². The smallest absolute Gasteiger partial charge is 0.161 e. The lowest BCUT2D eigenvalue weighted by atomic mass is 10.1. The maximum atomic E-state index is 13.4. The minimum atomic E-state index is -1.30. The summed E-state index contributed by atoms with van der Waals surface area (Å²) in [5.41, 5.74) is 7.79. The molecule has 0 bridgehead atoms. The molecule has 0 radical (unpaired) electrons. The first-order valence-electron chi connectivity index (χ1n) is 5.38. The lowest BCUT2D eigenvalue weighted by Crippen LogP contribution is -2.23. The number of benzene rings is 1. The van der Waals surface area contributed by atoms with Crippen molar-refractivity contribution in [1.82, 2.24) is 5.32 Å². The Bertz CT molecular complexity index is 534. The molecule has 0 spiro atoms. The van der Waals surface area contributed by atoms with Crippen LogP contribution < -0.4 is 5.32 Å². The van der Waals surface area contributed by atoms with Crippen LogP contribution >= 0.6 is 0 Å². The molecule has 0 heterocycles. The molecule has 100 valence electrons. The summed E-state index contributed by atoms with van der Waals surface area (Å²) in [7, 11) is 0. The average molecular weight is 269 g/mol.